The average Bonchev–Trinajstić information content (AvgIpc) is 3.47. The highest BCUT2D eigenvalue weighted by Gasteiger charge is 2.29. The molecule has 4 rings (SSSR count). The number of nitrogens with zero attached hydrogens (tertiary/aromatic N) is 3. The normalized spacial score (nSPS) is 21.0. The third kappa shape index (κ3) is 4.56. The number of carbonyl (C=O) groups is 2. The lowest BCUT2D eigenvalue weighted by atomic mass is 10.1. The van der Waals surface area contributed by atoms with Gasteiger partial charge in [-0.25, -0.2) is 0 Å². The third-order valence-electron chi connectivity index (χ3n) is 5.18. The summed E-state index contributed by atoms with van der Waals surface area (Å²) in [6.07, 6.45) is 2.57. The Morgan fingerprint density at radius 3 is 3.10 bits per heavy atom. The van der Waals surface area contributed by atoms with Crippen molar-refractivity contribution >= 4 is 34.5 Å². The van der Waals surface area contributed by atoms with E-state index in [2.05, 4.69) is 16.4 Å². The summed E-state index contributed by atoms with van der Waals surface area (Å²) < 4.78 is 11.2. The van der Waals surface area contributed by atoms with Crippen molar-refractivity contribution in [1.29, 1.82) is 5.26 Å². The average molecular weight is 426 g/mol. The molecular formula is C21H22N4O4S. The predicted octanol–water partition coefficient (Wildman–Crippen LogP) is 1.70. The number of amides is 2. The van der Waals surface area contributed by atoms with Crippen molar-refractivity contribution in [2.24, 2.45) is 0 Å². The number of pyridine rings is 1. The lowest BCUT2D eigenvalue weighted by Gasteiger charge is -2.18. The van der Waals surface area contributed by atoms with E-state index in [0.717, 1.165) is 18.6 Å². The van der Waals surface area contributed by atoms with Gasteiger partial charge in [0.1, 0.15) is 6.04 Å². The van der Waals surface area contributed by atoms with Crippen molar-refractivity contribution in [3.05, 3.63) is 41.6 Å². The predicted molar refractivity (Wildman–Crippen MR) is 112 cm³/mol. The van der Waals surface area contributed by atoms with E-state index < -0.39 is 6.04 Å². The second-order valence-electron chi connectivity index (χ2n) is 7.20. The van der Waals surface area contributed by atoms with Crippen molar-refractivity contribution in [2.45, 2.75) is 25.2 Å². The monoisotopic (exact) mass is 426 g/mol. The zero-order valence-corrected chi connectivity index (χ0v) is 17.2. The van der Waals surface area contributed by atoms with Crippen LogP contribution >= 0.6 is 11.8 Å². The molecule has 0 unspecified atom stereocenters. The number of thioether (sulfide) groups is 1. The Labute approximate surface area is 178 Å². The van der Waals surface area contributed by atoms with Crippen molar-refractivity contribution in [2.75, 3.05) is 31.4 Å². The minimum absolute atomic E-state index is 0.101. The second-order valence-corrected chi connectivity index (χ2v) is 8.20. The van der Waals surface area contributed by atoms with Crippen LogP contribution in [0.4, 0.5) is 0 Å². The number of aromatic nitrogens is 1. The lowest BCUT2D eigenvalue weighted by Crippen LogP contribution is -2.42. The van der Waals surface area contributed by atoms with Gasteiger partial charge >= 0.3 is 0 Å². The molecule has 0 bridgehead atoms. The Bertz CT molecular complexity index is 987. The summed E-state index contributed by atoms with van der Waals surface area (Å²) >= 11 is 1.53. The number of rotatable bonds is 6. The van der Waals surface area contributed by atoms with Crippen LogP contribution in [-0.4, -0.2) is 65.2 Å². The number of fused-ring (bicyclic) bond motifs is 1. The summed E-state index contributed by atoms with van der Waals surface area (Å²) in [5.74, 6) is 0.466. The summed E-state index contributed by atoms with van der Waals surface area (Å²) in [4.78, 5) is 31.0. The van der Waals surface area contributed by atoms with Gasteiger partial charge < -0.3 is 19.7 Å². The third-order valence-corrected chi connectivity index (χ3v) is 6.19. The van der Waals surface area contributed by atoms with Gasteiger partial charge in [-0.3, -0.25) is 14.6 Å². The molecule has 2 aliphatic heterocycles. The first-order valence-electron chi connectivity index (χ1n) is 9.77. The zero-order valence-electron chi connectivity index (χ0n) is 16.4. The standard InChI is InChI=1S/C21H22N4O4S/c22-8-15-12-30-13-25(15)20(26)9-24-21(27)17-3-5-23-19-2-1-14(7-18(17)19)10-29-16-4-6-28-11-16/h1-3,5,7,15-16H,4,6,9-13H2,(H,24,27)/t15-,16-/m1/s1. The Hall–Kier alpha value is -2.67. The first-order chi connectivity index (χ1) is 14.7. The molecule has 0 aliphatic carbocycles. The lowest BCUT2D eigenvalue weighted by molar-refractivity contribution is -0.129. The molecule has 1 aromatic heterocycles. The van der Waals surface area contributed by atoms with E-state index in [1.807, 2.05) is 18.2 Å². The first-order valence-corrected chi connectivity index (χ1v) is 10.9. The molecule has 30 heavy (non-hydrogen) atoms. The van der Waals surface area contributed by atoms with Gasteiger partial charge in [-0.15, -0.1) is 11.8 Å². The van der Waals surface area contributed by atoms with Crippen LogP contribution in [0.25, 0.3) is 10.9 Å². The molecule has 0 saturated carbocycles. The number of nitrogens with one attached hydrogen (secondary N) is 1. The molecule has 1 N–H and O–H groups in total. The molecule has 2 fully saturated rings. The molecule has 8 nitrogen and oxygen atoms in total. The van der Waals surface area contributed by atoms with Gasteiger partial charge in [-0.2, -0.15) is 5.26 Å². The second kappa shape index (κ2) is 9.43. The minimum atomic E-state index is -0.436. The van der Waals surface area contributed by atoms with Crippen LogP contribution < -0.4 is 5.32 Å². The Morgan fingerprint density at radius 1 is 1.40 bits per heavy atom. The maximum Gasteiger partial charge on any atom is 0.252 e. The van der Waals surface area contributed by atoms with Gasteiger partial charge in [0, 0.05) is 23.9 Å². The van der Waals surface area contributed by atoms with Crippen LogP contribution in [0.5, 0.6) is 0 Å². The molecule has 156 valence electrons. The van der Waals surface area contributed by atoms with Crippen LogP contribution in [0.1, 0.15) is 22.3 Å². The highest BCUT2D eigenvalue weighted by Crippen LogP contribution is 2.21. The van der Waals surface area contributed by atoms with Crippen molar-refractivity contribution < 1.29 is 19.1 Å². The van der Waals surface area contributed by atoms with Crippen molar-refractivity contribution in [3.8, 4) is 6.07 Å². The Morgan fingerprint density at radius 2 is 2.30 bits per heavy atom. The highest BCUT2D eigenvalue weighted by atomic mass is 32.2. The SMILES string of the molecule is N#C[C@@H]1CSCN1C(=O)CNC(=O)c1ccnc2ccc(CO[C@@H]3CCOC3)cc12. The van der Waals surface area contributed by atoms with Gasteiger partial charge in [0.25, 0.3) is 5.91 Å². The van der Waals surface area contributed by atoms with Crippen LogP contribution in [0.2, 0.25) is 0 Å². The fourth-order valence-electron chi connectivity index (χ4n) is 3.49. The van der Waals surface area contributed by atoms with Crippen LogP contribution in [0.3, 0.4) is 0 Å². The topological polar surface area (TPSA) is 105 Å². The summed E-state index contributed by atoms with van der Waals surface area (Å²) in [5.41, 5.74) is 2.09. The molecule has 0 radical (unpaired) electrons. The van der Waals surface area contributed by atoms with Crippen LogP contribution in [-0.2, 0) is 20.9 Å². The van der Waals surface area contributed by atoms with Gasteiger partial charge in [0.2, 0.25) is 5.91 Å². The van der Waals surface area contributed by atoms with Gasteiger partial charge in [0.05, 0.1) is 48.9 Å². The first kappa shape index (κ1) is 20.6. The van der Waals surface area contributed by atoms with E-state index in [1.54, 1.807) is 12.3 Å². The highest BCUT2D eigenvalue weighted by molar-refractivity contribution is 7.99. The van der Waals surface area contributed by atoms with Crippen molar-refractivity contribution in [3.63, 3.8) is 0 Å². The fourth-order valence-corrected chi connectivity index (χ4v) is 4.59. The van der Waals surface area contributed by atoms with E-state index >= 15 is 0 Å². The molecule has 0 spiro atoms. The fraction of sp³-hybridized carbons (Fsp3) is 0.429. The molecule has 2 amide bonds. The number of benzene rings is 1. The van der Waals surface area contributed by atoms with E-state index in [-0.39, 0.29) is 24.5 Å². The summed E-state index contributed by atoms with van der Waals surface area (Å²) in [6.45, 7) is 1.62. The number of hydrogen-bond donors (Lipinski definition) is 1. The van der Waals surface area contributed by atoms with Gasteiger partial charge in [-0.1, -0.05) is 6.07 Å². The summed E-state index contributed by atoms with van der Waals surface area (Å²) in [6, 6.07) is 9.02. The van der Waals surface area contributed by atoms with E-state index in [9.17, 15) is 9.59 Å². The maximum absolute atomic E-state index is 12.8. The van der Waals surface area contributed by atoms with Crippen LogP contribution in [0.15, 0.2) is 30.5 Å². The largest absolute Gasteiger partial charge is 0.379 e. The maximum atomic E-state index is 12.8. The number of ether oxygens (including phenoxy) is 2. The number of hydrogen-bond acceptors (Lipinski definition) is 7. The zero-order chi connectivity index (χ0) is 20.9. The molecule has 2 saturated heterocycles. The molecular weight excluding hydrogens is 404 g/mol. The molecule has 9 heteroatoms. The number of carbonyl (C=O) groups excluding carboxylic acids is 2. The van der Waals surface area contributed by atoms with Crippen molar-refractivity contribution in [1.82, 2.24) is 15.2 Å². The van der Waals surface area contributed by atoms with Crippen LogP contribution in [0, 0.1) is 11.3 Å². The van der Waals surface area contributed by atoms with E-state index in [1.165, 1.54) is 16.7 Å². The molecule has 2 aromatic rings. The summed E-state index contributed by atoms with van der Waals surface area (Å²) in [5, 5.41) is 12.5. The number of nitriles is 1. The smallest absolute Gasteiger partial charge is 0.252 e. The van der Waals surface area contributed by atoms with Gasteiger partial charge in [0.15, 0.2) is 0 Å². The Balaban J connectivity index is 1.44. The summed E-state index contributed by atoms with van der Waals surface area (Å²) in [7, 11) is 0. The Kier molecular flexibility index (Phi) is 6.47. The van der Waals surface area contributed by atoms with E-state index in [4.69, 9.17) is 14.7 Å². The molecule has 2 atom stereocenters. The molecule has 1 aromatic carbocycles. The molecule has 2 aliphatic rings. The minimum Gasteiger partial charge on any atom is -0.379 e. The quantitative estimate of drug-likeness (QED) is 0.749. The molecule has 3 heterocycles. The van der Waals surface area contributed by atoms with Gasteiger partial charge in [-0.05, 0) is 30.2 Å². The van der Waals surface area contributed by atoms with E-state index in [0.29, 0.717) is 41.3 Å².